The van der Waals surface area contributed by atoms with E-state index in [1.165, 1.54) is 4.90 Å². The van der Waals surface area contributed by atoms with Gasteiger partial charge in [-0.05, 0) is 41.5 Å². The number of hydrogen-bond donors (Lipinski definition) is 1. The minimum atomic E-state index is -0.653. The Morgan fingerprint density at radius 3 is 2.47 bits per heavy atom. The van der Waals surface area contributed by atoms with Crippen molar-refractivity contribution in [3.05, 3.63) is 70.8 Å². The molecule has 0 radical (unpaired) electrons. The van der Waals surface area contributed by atoms with Gasteiger partial charge >= 0.3 is 0 Å². The van der Waals surface area contributed by atoms with Crippen LogP contribution >= 0.6 is 13.5 Å². The zero-order valence-corrected chi connectivity index (χ0v) is 19.3. The monoisotopic (exact) mass is 452 g/mol. The molecule has 2 aromatic rings. The molecule has 2 heterocycles. The van der Waals surface area contributed by atoms with Crippen molar-refractivity contribution in [1.82, 2.24) is 10.2 Å². The molecule has 0 aromatic heterocycles. The standard InChI is InChI=1S/C25H26N2O4.H2S/c1-15(2)20(16-6-4-3-5-7-16)13-22(28)17-8-9-19-18(12-17)14-27(25(19)31)21-10-11-23(29)26-24(21)30;/h3-9,12,15,20-21H,10-11,13-14H2,1-2H3,(H,26,29,30);1H2/t20-,21?;/m0./s1. The zero-order valence-electron chi connectivity index (χ0n) is 18.3. The number of piperidine rings is 1. The van der Waals surface area contributed by atoms with Crippen molar-refractivity contribution in [1.29, 1.82) is 0 Å². The number of ketones is 1. The second-order valence-electron chi connectivity index (χ2n) is 8.66. The lowest BCUT2D eigenvalue weighted by atomic mass is 9.83. The van der Waals surface area contributed by atoms with Crippen molar-refractivity contribution < 1.29 is 19.2 Å². The van der Waals surface area contributed by atoms with Gasteiger partial charge in [0.25, 0.3) is 5.91 Å². The van der Waals surface area contributed by atoms with Crippen LogP contribution in [-0.2, 0) is 16.1 Å². The summed E-state index contributed by atoms with van der Waals surface area (Å²) in [6.45, 7) is 4.50. The van der Waals surface area contributed by atoms with E-state index in [2.05, 4.69) is 31.3 Å². The minimum Gasteiger partial charge on any atom is -0.322 e. The number of fused-ring (bicyclic) bond motifs is 1. The van der Waals surface area contributed by atoms with Gasteiger partial charge in [-0.15, -0.1) is 0 Å². The van der Waals surface area contributed by atoms with Crippen LogP contribution in [0.5, 0.6) is 0 Å². The van der Waals surface area contributed by atoms with Gasteiger partial charge in [-0.3, -0.25) is 24.5 Å². The normalized spacial score (nSPS) is 18.8. The summed E-state index contributed by atoms with van der Waals surface area (Å²) in [4.78, 5) is 51.0. The fourth-order valence-corrected chi connectivity index (χ4v) is 4.50. The molecule has 0 spiro atoms. The Kier molecular flexibility index (Phi) is 7.19. The van der Waals surface area contributed by atoms with Crippen LogP contribution in [0.15, 0.2) is 48.5 Å². The number of nitrogens with zero attached hydrogens (tertiary/aromatic N) is 1. The third-order valence-electron chi connectivity index (χ3n) is 6.28. The van der Waals surface area contributed by atoms with Gasteiger partial charge in [0, 0.05) is 30.5 Å². The molecule has 0 bridgehead atoms. The molecule has 0 saturated carbocycles. The van der Waals surface area contributed by atoms with Crippen LogP contribution in [-0.4, -0.2) is 34.4 Å². The third-order valence-corrected chi connectivity index (χ3v) is 6.28. The fraction of sp³-hybridized carbons (Fsp3) is 0.360. The van der Waals surface area contributed by atoms with Gasteiger partial charge in [0.15, 0.2) is 5.78 Å². The molecule has 6 nitrogen and oxygen atoms in total. The van der Waals surface area contributed by atoms with Gasteiger partial charge in [-0.25, -0.2) is 0 Å². The highest BCUT2D eigenvalue weighted by Crippen LogP contribution is 2.32. The first-order valence-corrected chi connectivity index (χ1v) is 10.7. The predicted octanol–water partition coefficient (Wildman–Crippen LogP) is 3.57. The van der Waals surface area contributed by atoms with E-state index in [9.17, 15) is 19.2 Å². The third kappa shape index (κ3) is 4.63. The van der Waals surface area contributed by atoms with E-state index in [0.29, 0.717) is 29.9 Å². The molecule has 2 aliphatic heterocycles. The molecule has 1 saturated heterocycles. The van der Waals surface area contributed by atoms with Crippen LogP contribution < -0.4 is 5.32 Å². The Bertz CT molecular complexity index is 1050. The Labute approximate surface area is 194 Å². The molecule has 2 aromatic carbocycles. The average Bonchev–Trinajstić information content (AvgIpc) is 3.08. The highest BCUT2D eigenvalue weighted by Gasteiger charge is 2.39. The van der Waals surface area contributed by atoms with Crippen LogP contribution in [0.25, 0.3) is 0 Å². The van der Waals surface area contributed by atoms with Crippen molar-refractivity contribution >= 4 is 37.0 Å². The van der Waals surface area contributed by atoms with Crippen LogP contribution in [0.4, 0.5) is 0 Å². The smallest absolute Gasteiger partial charge is 0.255 e. The summed E-state index contributed by atoms with van der Waals surface area (Å²) in [5.41, 5.74) is 3.00. The molecule has 32 heavy (non-hydrogen) atoms. The number of benzene rings is 2. The minimum absolute atomic E-state index is 0. The summed E-state index contributed by atoms with van der Waals surface area (Å²) in [5, 5.41) is 2.31. The molecule has 1 unspecified atom stereocenters. The molecule has 3 amide bonds. The lowest BCUT2D eigenvalue weighted by Gasteiger charge is -2.29. The Morgan fingerprint density at radius 2 is 1.81 bits per heavy atom. The lowest BCUT2D eigenvalue weighted by Crippen LogP contribution is -2.52. The molecular weight excluding hydrogens is 424 g/mol. The number of hydrogen-bond acceptors (Lipinski definition) is 4. The summed E-state index contributed by atoms with van der Waals surface area (Å²) in [6, 6.07) is 14.6. The maximum absolute atomic E-state index is 13.1. The molecule has 2 atom stereocenters. The van der Waals surface area contributed by atoms with Crippen molar-refractivity contribution in [3.63, 3.8) is 0 Å². The number of carbonyl (C=O) groups excluding carboxylic acids is 4. The first-order chi connectivity index (χ1) is 14.8. The van der Waals surface area contributed by atoms with E-state index >= 15 is 0 Å². The Hall–Kier alpha value is -2.93. The summed E-state index contributed by atoms with van der Waals surface area (Å²) >= 11 is 0. The second-order valence-corrected chi connectivity index (χ2v) is 8.66. The van der Waals surface area contributed by atoms with Gasteiger partial charge in [0.2, 0.25) is 11.8 Å². The van der Waals surface area contributed by atoms with E-state index in [0.717, 1.165) is 11.1 Å². The molecule has 1 fully saturated rings. The van der Waals surface area contributed by atoms with Gasteiger partial charge in [-0.2, -0.15) is 13.5 Å². The first-order valence-electron chi connectivity index (χ1n) is 10.7. The summed E-state index contributed by atoms with van der Waals surface area (Å²) in [5.74, 6) is -0.508. The largest absolute Gasteiger partial charge is 0.322 e. The number of Topliss-reactive ketones (excluding diaryl/α,β-unsaturated/α-hetero) is 1. The fourth-order valence-electron chi connectivity index (χ4n) is 4.50. The van der Waals surface area contributed by atoms with Crippen molar-refractivity contribution in [2.75, 3.05) is 0 Å². The van der Waals surface area contributed by atoms with Crippen molar-refractivity contribution in [3.8, 4) is 0 Å². The average molecular weight is 453 g/mol. The molecule has 1 N–H and O–H groups in total. The van der Waals surface area contributed by atoms with E-state index in [4.69, 9.17) is 0 Å². The number of amides is 3. The second kappa shape index (κ2) is 9.69. The van der Waals surface area contributed by atoms with Crippen LogP contribution in [0.2, 0.25) is 0 Å². The zero-order chi connectivity index (χ0) is 22.1. The van der Waals surface area contributed by atoms with E-state index in [1.54, 1.807) is 18.2 Å². The Balaban J connectivity index is 0.00000289. The SMILES string of the molecule is CC(C)[C@H](CC(=O)c1ccc2c(c1)CN(C1CCC(=O)NC1=O)C2=O)c1ccccc1.S. The maximum Gasteiger partial charge on any atom is 0.255 e. The molecule has 0 aliphatic carbocycles. The van der Waals surface area contributed by atoms with Gasteiger partial charge in [0.1, 0.15) is 6.04 Å². The Morgan fingerprint density at radius 1 is 1.09 bits per heavy atom. The number of imide groups is 1. The predicted molar refractivity (Wildman–Crippen MR) is 126 cm³/mol. The van der Waals surface area contributed by atoms with Gasteiger partial charge < -0.3 is 4.90 Å². The summed E-state index contributed by atoms with van der Waals surface area (Å²) < 4.78 is 0. The van der Waals surface area contributed by atoms with Crippen LogP contribution in [0.3, 0.4) is 0 Å². The molecule has 168 valence electrons. The first kappa shape index (κ1) is 23.7. The van der Waals surface area contributed by atoms with E-state index in [1.807, 2.05) is 18.2 Å². The topological polar surface area (TPSA) is 83.6 Å². The maximum atomic E-state index is 13.1. The van der Waals surface area contributed by atoms with Crippen molar-refractivity contribution in [2.45, 2.75) is 51.6 Å². The van der Waals surface area contributed by atoms with E-state index in [-0.39, 0.29) is 50.0 Å². The molecule has 2 aliphatic rings. The lowest BCUT2D eigenvalue weighted by molar-refractivity contribution is -0.136. The highest BCUT2D eigenvalue weighted by molar-refractivity contribution is 7.59. The summed E-state index contributed by atoms with van der Waals surface area (Å²) in [7, 11) is 0. The quantitative estimate of drug-likeness (QED) is 0.536. The number of carbonyl (C=O) groups is 4. The van der Waals surface area contributed by atoms with Crippen LogP contribution in [0.1, 0.15) is 70.9 Å². The number of nitrogens with one attached hydrogen (secondary N) is 1. The van der Waals surface area contributed by atoms with E-state index < -0.39 is 11.9 Å². The van der Waals surface area contributed by atoms with Crippen molar-refractivity contribution in [2.24, 2.45) is 5.92 Å². The molecular formula is C25H28N2O4S. The van der Waals surface area contributed by atoms with Gasteiger partial charge in [-0.1, -0.05) is 50.2 Å². The summed E-state index contributed by atoms with van der Waals surface area (Å²) in [6.07, 6.45) is 0.935. The van der Waals surface area contributed by atoms with Gasteiger partial charge in [0.05, 0.1) is 0 Å². The van der Waals surface area contributed by atoms with Crippen LogP contribution in [0, 0.1) is 5.92 Å². The highest BCUT2D eigenvalue weighted by atomic mass is 32.1. The number of rotatable bonds is 6. The molecule has 4 rings (SSSR count). The molecule has 7 heteroatoms.